The van der Waals surface area contributed by atoms with E-state index >= 15 is 0 Å². The van der Waals surface area contributed by atoms with Crippen molar-refractivity contribution in [2.45, 2.75) is 56.7 Å². The summed E-state index contributed by atoms with van der Waals surface area (Å²) < 4.78 is 26.7. The molecule has 2 atom stereocenters. The van der Waals surface area contributed by atoms with E-state index in [9.17, 15) is 9.00 Å². The number of hydrogen-bond acceptors (Lipinski definition) is 4. The number of hydrogen-bond donors (Lipinski definition) is 2. The normalized spacial score (nSPS) is 28.5. The lowest BCUT2D eigenvalue weighted by molar-refractivity contribution is -0.0471. The van der Waals surface area contributed by atoms with Gasteiger partial charge in [0.05, 0.1) is 25.9 Å². The molecular weight excluding hydrogens is 376 g/mol. The quantitative estimate of drug-likeness (QED) is 0.708. The molecule has 1 heterocycles. The van der Waals surface area contributed by atoms with Crippen LogP contribution in [-0.2, 0) is 19.6 Å². The van der Waals surface area contributed by atoms with Gasteiger partial charge in [0, 0.05) is 25.1 Å². The summed E-state index contributed by atoms with van der Waals surface area (Å²) in [6, 6.07) is 8.52. The molecule has 28 heavy (non-hydrogen) atoms. The minimum atomic E-state index is -2.42. The molecule has 0 unspecified atom stereocenters. The van der Waals surface area contributed by atoms with Gasteiger partial charge in [-0.15, -0.1) is 0 Å². The molecule has 1 saturated heterocycles. The van der Waals surface area contributed by atoms with Gasteiger partial charge in [-0.25, -0.2) is 4.79 Å². The van der Waals surface area contributed by atoms with E-state index < -0.39 is 10.1 Å². The van der Waals surface area contributed by atoms with Gasteiger partial charge in [0.15, 0.2) is 0 Å². The van der Waals surface area contributed by atoms with E-state index in [0.717, 1.165) is 25.7 Å². The van der Waals surface area contributed by atoms with E-state index in [1.165, 1.54) is 18.2 Å². The van der Waals surface area contributed by atoms with Crippen LogP contribution in [-0.4, -0.2) is 66.2 Å². The lowest BCUT2D eigenvalue weighted by atomic mass is 9.77. The number of piperidine rings is 1. The first-order chi connectivity index (χ1) is 13.3. The first-order valence-electron chi connectivity index (χ1n) is 10.1. The third kappa shape index (κ3) is 5.33. The average Bonchev–Trinajstić information content (AvgIpc) is 2.60. The minimum absolute atomic E-state index is 0.0401. The number of carbonyl (C=O) groups excluding carboxylic acids is 1. The molecule has 6 nitrogen and oxygen atoms in total. The monoisotopic (exact) mass is 410 g/mol. The van der Waals surface area contributed by atoms with Crippen LogP contribution in [0.2, 0.25) is 0 Å². The van der Waals surface area contributed by atoms with Crippen LogP contribution in [0.15, 0.2) is 24.3 Å². The van der Waals surface area contributed by atoms with Crippen LogP contribution in [0.5, 0.6) is 0 Å². The van der Waals surface area contributed by atoms with E-state index in [2.05, 4.69) is 35.9 Å². The molecule has 0 radical (unpaired) electrons. The van der Waals surface area contributed by atoms with Gasteiger partial charge in [-0.3, -0.25) is 8.93 Å². The van der Waals surface area contributed by atoms with E-state index in [-0.39, 0.29) is 24.3 Å². The molecule has 1 amide bonds. The van der Waals surface area contributed by atoms with Gasteiger partial charge < -0.3 is 14.4 Å². The zero-order valence-electron chi connectivity index (χ0n) is 17.4. The molecule has 1 aliphatic heterocycles. The Morgan fingerprint density at radius 1 is 1.25 bits per heavy atom. The molecule has 158 valence electrons. The molecule has 0 bridgehead atoms. The Kier molecular flexibility index (Phi) is 6.78. The summed E-state index contributed by atoms with van der Waals surface area (Å²) in [5, 5.41) is 0. The molecule has 2 aliphatic rings. The predicted octanol–water partition coefficient (Wildman–Crippen LogP) is 2.64. The fraction of sp³-hybridized carbons (Fsp3) is 0.667. The van der Waals surface area contributed by atoms with Gasteiger partial charge in [0.2, 0.25) is 0 Å². The first-order valence-corrected chi connectivity index (χ1v) is 12.7. The van der Waals surface area contributed by atoms with Crippen molar-refractivity contribution in [2.75, 3.05) is 32.8 Å². The number of likely N-dealkylation sites (tertiary alicyclic amines) is 1. The lowest BCUT2D eigenvalue weighted by Crippen LogP contribution is -2.59. The second-order valence-electron chi connectivity index (χ2n) is 8.49. The lowest BCUT2D eigenvalue weighted by Gasteiger charge is -2.43. The standard InChI is InChI=1S/C21H34N2O4S/c1-15-7-9-16(10-8-15)17-12-18(13-17)27-14-20-19(22-28(3,4)25)6-5-11-23(20)21(24)26-2/h7-10,17-20,28H,5-6,11-14H2,1-4H3,(H,22,25)/t17-,18+,19-,20-/m0/s1. The molecule has 1 N–H and O–H groups in total. The second kappa shape index (κ2) is 8.93. The van der Waals surface area contributed by atoms with Crippen molar-refractivity contribution in [1.29, 1.82) is 0 Å². The van der Waals surface area contributed by atoms with Crippen molar-refractivity contribution in [3.05, 3.63) is 35.4 Å². The van der Waals surface area contributed by atoms with E-state index in [1.807, 2.05) is 0 Å². The van der Waals surface area contributed by atoms with Crippen LogP contribution in [0, 0.1) is 6.92 Å². The Hall–Kier alpha value is -1.44. The molecule has 0 spiro atoms. The maximum absolute atomic E-state index is 12.3. The van der Waals surface area contributed by atoms with Crippen LogP contribution in [0.4, 0.5) is 4.79 Å². The number of ether oxygens (including phenoxy) is 2. The minimum Gasteiger partial charge on any atom is -0.453 e. The van der Waals surface area contributed by atoms with Crippen molar-refractivity contribution >= 4 is 16.2 Å². The van der Waals surface area contributed by atoms with Gasteiger partial charge in [-0.2, -0.15) is 0 Å². The van der Waals surface area contributed by atoms with Crippen LogP contribution < -0.4 is 4.72 Å². The number of benzene rings is 1. The molecule has 1 aliphatic carbocycles. The summed E-state index contributed by atoms with van der Waals surface area (Å²) in [5.74, 6) is 0.550. The fourth-order valence-electron chi connectivity index (χ4n) is 4.20. The van der Waals surface area contributed by atoms with Crippen LogP contribution >= 0.6 is 0 Å². The zero-order chi connectivity index (χ0) is 20.3. The molecular formula is C21H34N2O4S. The number of rotatable bonds is 6. The van der Waals surface area contributed by atoms with Crippen LogP contribution in [0.1, 0.15) is 42.7 Å². The molecule has 0 aromatic heterocycles. The molecule has 1 aromatic rings. The van der Waals surface area contributed by atoms with Crippen molar-refractivity contribution in [3.63, 3.8) is 0 Å². The molecule has 3 rings (SSSR count). The maximum atomic E-state index is 12.3. The molecule has 1 saturated carbocycles. The number of methoxy groups -OCH3 is 1. The summed E-state index contributed by atoms with van der Waals surface area (Å²) in [5.41, 5.74) is 2.65. The number of nitrogens with one attached hydrogen (secondary N) is 1. The zero-order valence-corrected chi connectivity index (χ0v) is 18.3. The van der Waals surface area contributed by atoms with Gasteiger partial charge in [-0.1, -0.05) is 39.9 Å². The second-order valence-corrected chi connectivity index (χ2v) is 11.5. The largest absolute Gasteiger partial charge is 0.453 e. The fourth-order valence-corrected chi connectivity index (χ4v) is 5.30. The summed E-state index contributed by atoms with van der Waals surface area (Å²) in [6.45, 7) is 3.19. The highest BCUT2D eigenvalue weighted by atomic mass is 32.3. The number of nitrogens with zero attached hydrogens (tertiary/aromatic N) is 1. The van der Waals surface area contributed by atoms with Crippen molar-refractivity contribution in [2.24, 2.45) is 0 Å². The number of aryl methyl sites for hydroxylation is 1. The summed E-state index contributed by atoms with van der Waals surface area (Å²) in [4.78, 5) is 14.0. The van der Waals surface area contributed by atoms with Crippen LogP contribution in [0.3, 0.4) is 0 Å². The number of thiol groups is 1. The SMILES string of the molecule is COC(=O)N1CCC[C@H](N[SH](C)(C)=O)[C@@H]1CO[C@H]1C[C@@H](c2ccc(C)cc2)C1. The predicted molar refractivity (Wildman–Crippen MR) is 113 cm³/mol. The first kappa shape index (κ1) is 21.3. The Labute approximate surface area is 169 Å². The summed E-state index contributed by atoms with van der Waals surface area (Å²) >= 11 is 0. The molecule has 1 aromatic carbocycles. The third-order valence-corrected chi connectivity index (χ3v) is 6.76. The van der Waals surface area contributed by atoms with E-state index in [1.54, 1.807) is 17.4 Å². The maximum Gasteiger partial charge on any atom is 0.409 e. The Bertz CT molecular complexity index is 712. The van der Waals surface area contributed by atoms with Crippen molar-refractivity contribution in [3.8, 4) is 0 Å². The highest BCUT2D eigenvalue weighted by molar-refractivity contribution is 7.99. The number of amides is 1. The van der Waals surface area contributed by atoms with E-state index in [4.69, 9.17) is 9.47 Å². The highest BCUT2D eigenvalue weighted by Crippen LogP contribution is 2.39. The Morgan fingerprint density at radius 2 is 1.93 bits per heavy atom. The summed E-state index contributed by atoms with van der Waals surface area (Å²) in [6.07, 6.45) is 7.07. The third-order valence-electron chi connectivity index (χ3n) is 5.81. The topological polar surface area (TPSA) is 67.9 Å². The Morgan fingerprint density at radius 3 is 2.54 bits per heavy atom. The van der Waals surface area contributed by atoms with Crippen molar-refractivity contribution in [1.82, 2.24) is 9.62 Å². The van der Waals surface area contributed by atoms with Gasteiger partial charge in [0.25, 0.3) is 0 Å². The molecule has 2 fully saturated rings. The van der Waals surface area contributed by atoms with Gasteiger partial charge in [-0.05, 0) is 44.1 Å². The van der Waals surface area contributed by atoms with Gasteiger partial charge in [0.1, 0.15) is 0 Å². The highest BCUT2D eigenvalue weighted by Gasteiger charge is 2.38. The van der Waals surface area contributed by atoms with Crippen LogP contribution in [0.25, 0.3) is 0 Å². The molecule has 7 heteroatoms. The van der Waals surface area contributed by atoms with Crippen molar-refractivity contribution < 1.29 is 18.5 Å². The smallest absolute Gasteiger partial charge is 0.409 e. The average molecular weight is 411 g/mol. The Balaban J connectivity index is 1.58. The van der Waals surface area contributed by atoms with Gasteiger partial charge >= 0.3 is 6.09 Å². The summed E-state index contributed by atoms with van der Waals surface area (Å²) in [7, 11) is -1.01. The van der Waals surface area contributed by atoms with E-state index in [0.29, 0.717) is 19.1 Å². The number of carbonyl (C=O) groups is 1.